The molecule has 2 saturated heterocycles. The van der Waals surface area contributed by atoms with Crippen LogP contribution >= 0.6 is 0 Å². The largest absolute Gasteiger partial charge is 0.354 e. The van der Waals surface area contributed by atoms with Crippen LogP contribution in [0.4, 0.5) is 0 Å². The van der Waals surface area contributed by atoms with Gasteiger partial charge < -0.3 is 10.6 Å². The number of carbonyl (C=O) groups excluding carboxylic acids is 1. The summed E-state index contributed by atoms with van der Waals surface area (Å²) in [6.45, 7) is 3.22. The number of carbonyl (C=O) groups is 1. The molecule has 0 aliphatic carbocycles. The van der Waals surface area contributed by atoms with Gasteiger partial charge in [-0.3, -0.25) is 9.69 Å². The van der Waals surface area contributed by atoms with Gasteiger partial charge in [0.15, 0.2) is 0 Å². The molecule has 0 aromatic carbocycles. The minimum Gasteiger partial charge on any atom is -0.354 e. The molecular weight excluding hydrogens is 216 g/mol. The smallest absolute Gasteiger partial charge is 0.234 e. The van der Waals surface area contributed by atoms with Crippen LogP contribution in [0.25, 0.3) is 0 Å². The molecule has 2 fully saturated rings. The van der Waals surface area contributed by atoms with Crippen molar-refractivity contribution in [1.82, 2.24) is 15.5 Å². The third-order valence-corrected chi connectivity index (χ3v) is 3.69. The molecule has 2 aliphatic rings. The second-order valence-electron chi connectivity index (χ2n) is 4.78. The van der Waals surface area contributed by atoms with Crippen molar-refractivity contribution in [2.24, 2.45) is 0 Å². The van der Waals surface area contributed by atoms with Crippen LogP contribution in [0.5, 0.6) is 0 Å². The molecule has 0 bridgehead atoms. The summed E-state index contributed by atoms with van der Waals surface area (Å²) in [7, 11) is 0. The SMILES string of the molecule is N#CCCNC(=O)CNC1CCN2CCCC12. The second kappa shape index (κ2) is 5.99. The fourth-order valence-electron chi connectivity index (χ4n) is 2.86. The molecule has 2 unspecified atom stereocenters. The van der Waals surface area contributed by atoms with E-state index in [1.807, 2.05) is 6.07 Å². The zero-order chi connectivity index (χ0) is 12.1. The topological polar surface area (TPSA) is 68.2 Å². The number of rotatable bonds is 5. The van der Waals surface area contributed by atoms with Gasteiger partial charge in [-0.05, 0) is 25.8 Å². The van der Waals surface area contributed by atoms with E-state index in [4.69, 9.17) is 5.26 Å². The van der Waals surface area contributed by atoms with Crippen molar-refractivity contribution >= 4 is 5.91 Å². The van der Waals surface area contributed by atoms with Crippen LogP contribution < -0.4 is 10.6 Å². The Morgan fingerprint density at radius 3 is 3.12 bits per heavy atom. The van der Waals surface area contributed by atoms with Crippen molar-refractivity contribution in [3.05, 3.63) is 0 Å². The van der Waals surface area contributed by atoms with Crippen molar-refractivity contribution < 1.29 is 4.79 Å². The summed E-state index contributed by atoms with van der Waals surface area (Å²) in [5, 5.41) is 14.4. The highest BCUT2D eigenvalue weighted by atomic mass is 16.1. The van der Waals surface area contributed by atoms with Crippen LogP contribution in [0, 0.1) is 11.3 Å². The van der Waals surface area contributed by atoms with Crippen LogP contribution in [-0.4, -0.2) is 49.1 Å². The first kappa shape index (κ1) is 12.3. The van der Waals surface area contributed by atoms with E-state index in [2.05, 4.69) is 15.5 Å². The molecule has 5 nitrogen and oxygen atoms in total. The summed E-state index contributed by atoms with van der Waals surface area (Å²) in [6, 6.07) is 3.12. The molecule has 2 N–H and O–H groups in total. The van der Waals surface area contributed by atoms with Gasteiger partial charge in [-0.15, -0.1) is 0 Å². The van der Waals surface area contributed by atoms with Crippen LogP contribution in [-0.2, 0) is 4.79 Å². The first-order chi connectivity index (χ1) is 8.31. The molecule has 2 aliphatic heterocycles. The minimum absolute atomic E-state index is 0.00306. The van der Waals surface area contributed by atoms with Crippen LogP contribution in [0.1, 0.15) is 25.7 Å². The summed E-state index contributed by atoms with van der Waals surface area (Å²) in [5.41, 5.74) is 0. The summed E-state index contributed by atoms with van der Waals surface area (Å²) in [4.78, 5) is 14.0. The predicted octanol–water partition coefficient (Wildman–Crippen LogP) is -0.157. The Bertz CT molecular complexity index is 312. The van der Waals surface area contributed by atoms with Gasteiger partial charge in [0, 0.05) is 25.2 Å². The number of nitriles is 1. The van der Waals surface area contributed by atoms with E-state index in [0.29, 0.717) is 31.6 Å². The lowest BCUT2D eigenvalue weighted by Gasteiger charge is -2.21. The lowest BCUT2D eigenvalue weighted by molar-refractivity contribution is -0.120. The normalized spacial score (nSPS) is 27.7. The average molecular weight is 236 g/mol. The Labute approximate surface area is 102 Å². The highest BCUT2D eigenvalue weighted by molar-refractivity contribution is 5.78. The molecule has 0 spiro atoms. The fourth-order valence-corrected chi connectivity index (χ4v) is 2.86. The predicted molar refractivity (Wildman–Crippen MR) is 64.2 cm³/mol. The van der Waals surface area contributed by atoms with E-state index in [-0.39, 0.29) is 5.91 Å². The molecule has 94 valence electrons. The molecule has 0 aromatic heterocycles. The van der Waals surface area contributed by atoms with E-state index in [9.17, 15) is 4.79 Å². The number of fused-ring (bicyclic) bond motifs is 1. The van der Waals surface area contributed by atoms with Gasteiger partial charge in [-0.25, -0.2) is 0 Å². The van der Waals surface area contributed by atoms with Crippen molar-refractivity contribution in [3.8, 4) is 6.07 Å². The van der Waals surface area contributed by atoms with Crippen molar-refractivity contribution in [3.63, 3.8) is 0 Å². The van der Waals surface area contributed by atoms with Gasteiger partial charge >= 0.3 is 0 Å². The van der Waals surface area contributed by atoms with E-state index < -0.39 is 0 Å². The molecule has 0 radical (unpaired) electrons. The average Bonchev–Trinajstić information content (AvgIpc) is 2.89. The number of nitrogens with one attached hydrogen (secondary N) is 2. The second-order valence-corrected chi connectivity index (χ2v) is 4.78. The van der Waals surface area contributed by atoms with Gasteiger partial charge in [0.1, 0.15) is 0 Å². The Balaban J connectivity index is 1.65. The molecule has 0 aromatic rings. The maximum atomic E-state index is 11.5. The van der Waals surface area contributed by atoms with E-state index >= 15 is 0 Å². The third-order valence-electron chi connectivity index (χ3n) is 3.69. The van der Waals surface area contributed by atoms with Crippen molar-refractivity contribution in [1.29, 1.82) is 5.26 Å². The van der Waals surface area contributed by atoms with Crippen molar-refractivity contribution in [2.75, 3.05) is 26.2 Å². The quantitative estimate of drug-likeness (QED) is 0.651. The third kappa shape index (κ3) is 3.18. The lowest BCUT2D eigenvalue weighted by Crippen LogP contribution is -2.44. The van der Waals surface area contributed by atoms with Gasteiger partial charge in [0.2, 0.25) is 5.91 Å². The molecule has 17 heavy (non-hydrogen) atoms. The van der Waals surface area contributed by atoms with Crippen LogP contribution in [0.3, 0.4) is 0 Å². The van der Waals surface area contributed by atoms with E-state index in [1.165, 1.54) is 25.9 Å². The highest BCUT2D eigenvalue weighted by Gasteiger charge is 2.36. The summed E-state index contributed by atoms with van der Waals surface area (Å²) < 4.78 is 0. The molecule has 1 amide bonds. The lowest BCUT2D eigenvalue weighted by atomic mass is 10.1. The Kier molecular flexibility index (Phi) is 4.35. The van der Waals surface area contributed by atoms with Gasteiger partial charge in [-0.2, -0.15) is 5.26 Å². The monoisotopic (exact) mass is 236 g/mol. The maximum absolute atomic E-state index is 11.5. The zero-order valence-corrected chi connectivity index (χ0v) is 10.1. The van der Waals surface area contributed by atoms with Gasteiger partial charge in [0.05, 0.1) is 19.0 Å². The molecule has 0 saturated carbocycles. The maximum Gasteiger partial charge on any atom is 0.234 e. The molecule has 2 rings (SSSR count). The summed E-state index contributed by atoms with van der Waals surface area (Å²) in [5.74, 6) is -0.00306. The number of amides is 1. The standard InChI is InChI=1S/C12H20N4O/c13-5-2-6-14-12(17)9-15-10-4-8-16-7-1-3-11(10)16/h10-11,15H,1-4,6-9H2,(H,14,17). The fraction of sp³-hybridized carbons (Fsp3) is 0.833. The first-order valence-corrected chi connectivity index (χ1v) is 6.42. The van der Waals surface area contributed by atoms with Crippen LogP contribution in [0.2, 0.25) is 0 Å². The van der Waals surface area contributed by atoms with Crippen LogP contribution in [0.15, 0.2) is 0 Å². The Morgan fingerprint density at radius 1 is 1.41 bits per heavy atom. The summed E-state index contributed by atoms with van der Waals surface area (Å²) >= 11 is 0. The Hall–Kier alpha value is -1.12. The van der Waals surface area contributed by atoms with E-state index in [0.717, 1.165) is 6.42 Å². The van der Waals surface area contributed by atoms with Gasteiger partial charge in [-0.1, -0.05) is 0 Å². The molecular formula is C12H20N4O. The highest BCUT2D eigenvalue weighted by Crippen LogP contribution is 2.27. The molecule has 5 heteroatoms. The number of nitrogens with zero attached hydrogens (tertiary/aromatic N) is 2. The number of hydrogen-bond donors (Lipinski definition) is 2. The minimum atomic E-state index is -0.00306. The van der Waals surface area contributed by atoms with E-state index in [1.54, 1.807) is 0 Å². The number of hydrogen-bond acceptors (Lipinski definition) is 4. The molecule has 2 atom stereocenters. The zero-order valence-electron chi connectivity index (χ0n) is 10.1. The molecule has 2 heterocycles. The first-order valence-electron chi connectivity index (χ1n) is 6.42. The van der Waals surface area contributed by atoms with Crippen molar-refractivity contribution in [2.45, 2.75) is 37.8 Å². The Morgan fingerprint density at radius 2 is 2.29 bits per heavy atom. The summed E-state index contributed by atoms with van der Waals surface area (Å²) in [6.07, 6.45) is 4.08. The van der Waals surface area contributed by atoms with Gasteiger partial charge in [0.25, 0.3) is 0 Å².